The molecule has 1 saturated heterocycles. The minimum Gasteiger partial charge on any atom is -0.484 e. The molecular weight excluding hydrogens is 320 g/mol. The number of carbonyl (C=O) groups is 2. The van der Waals surface area contributed by atoms with Crippen molar-refractivity contribution in [2.45, 2.75) is 32.3 Å². The van der Waals surface area contributed by atoms with Gasteiger partial charge < -0.3 is 20.1 Å². The van der Waals surface area contributed by atoms with Gasteiger partial charge in [0.2, 0.25) is 5.91 Å². The molecule has 0 saturated carbocycles. The monoisotopic (exact) mass is 346 g/mol. The molecule has 1 aromatic carbocycles. The number of ether oxygens (including phenoxy) is 2. The molecule has 136 valence electrons. The molecule has 0 spiro atoms. The summed E-state index contributed by atoms with van der Waals surface area (Å²) in [4.78, 5) is 24.9. The second-order valence-corrected chi connectivity index (χ2v) is 6.08. The van der Waals surface area contributed by atoms with Crippen LogP contribution in [0.15, 0.2) is 30.3 Å². The standard InChI is InChI=1S/C19H26N2O4/c1-2-12-24-17-4-3-11-21(13-17)19(23)10-7-15-5-8-16(9-6-15)25-14-18(20)22/h5-10,17H,2-4,11-14H2,1H3,(H2,20,22). The molecule has 1 aliphatic heterocycles. The lowest BCUT2D eigenvalue weighted by atomic mass is 10.1. The normalized spacial score (nSPS) is 17.6. The van der Waals surface area contributed by atoms with Crippen LogP contribution >= 0.6 is 0 Å². The third-order valence-electron chi connectivity index (χ3n) is 3.93. The van der Waals surface area contributed by atoms with Crippen molar-refractivity contribution in [3.05, 3.63) is 35.9 Å². The summed E-state index contributed by atoms with van der Waals surface area (Å²) in [6, 6.07) is 7.12. The summed E-state index contributed by atoms with van der Waals surface area (Å²) in [6.45, 7) is 4.10. The Morgan fingerprint density at radius 1 is 1.32 bits per heavy atom. The van der Waals surface area contributed by atoms with Gasteiger partial charge in [0.25, 0.3) is 5.91 Å². The van der Waals surface area contributed by atoms with Gasteiger partial charge in [-0.25, -0.2) is 0 Å². The van der Waals surface area contributed by atoms with E-state index in [0.717, 1.165) is 38.0 Å². The Morgan fingerprint density at radius 3 is 2.76 bits per heavy atom. The lowest BCUT2D eigenvalue weighted by Crippen LogP contribution is -2.42. The van der Waals surface area contributed by atoms with Crippen LogP contribution in [0.5, 0.6) is 5.75 Å². The fourth-order valence-corrected chi connectivity index (χ4v) is 2.66. The zero-order valence-electron chi connectivity index (χ0n) is 14.6. The predicted molar refractivity (Wildman–Crippen MR) is 96.0 cm³/mol. The summed E-state index contributed by atoms with van der Waals surface area (Å²) in [5, 5.41) is 0. The number of carbonyl (C=O) groups excluding carboxylic acids is 2. The van der Waals surface area contributed by atoms with Gasteiger partial charge in [0.15, 0.2) is 6.61 Å². The van der Waals surface area contributed by atoms with Crippen LogP contribution in [0.4, 0.5) is 0 Å². The molecule has 0 bridgehead atoms. The molecule has 1 heterocycles. The van der Waals surface area contributed by atoms with E-state index < -0.39 is 5.91 Å². The van der Waals surface area contributed by atoms with E-state index in [2.05, 4.69) is 6.92 Å². The molecule has 6 nitrogen and oxygen atoms in total. The average molecular weight is 346 g/mol. The third-order valence-corrected chi connectivity index (χ3v) is 3.93. The van der Waals surface area contributed by atoms with Gasteiger partial charge in [-0.05, 0) is 43.0 Å². The maximum Gasteiger partial charge on any atom is 0.255 e. The fourth-order valence-electron chi connectivity index (χ4n) is 2.66. The Labute approximate surface area is 148 Å². The van der Waals surface area contributed by atoms with Crippen LogP contribution in [0.25, 0.3) is 6.08 Å². The average Bonchev–Trinajstić information content (AvgIpc) is 2.63. The van der Waals surface area contributed by atoms with Crippen molar-refractivity contribution in [2.75, 3.05) is 26.3 Å². The Morgan fingerprint density at radius 2 is 2.08 bits per heavy atom. The molecule has 2 rings (SSSR count). The quantitative estimate of drug-likeness (QED) is 0.730. The molecule has 2 N–H and O–H groups in total. The summed E-state index contributed by atoms with van der Waals surface area (Å²) in [6.07, 6.45) is 6.48. The van der Waals surface area contributed by atoms with Gasteiger partial charge in [-0.15, -0.1) is 0 Å². The molecule has 25 heavy (non-hydrogen) atoms. The Bertz CT molecular complexity index is 598. The van der Waals surface area contributed by atoms with Crippen LogP contribution in [0.2, 0.25) is 0 Å². The first-order valence-electron chi connectivity index (χ1n) is 8.68. The van der Waals surface area contributed by atoms with Crippen molar-refractivity contribution in [3.8, 4) is 5.75 Å². The van der Waals surface area contributed by atoms with Crippen LogP contribution in [0.1, 0.15) is 31.7 Å². The molecule has 0 aliphatic carbocycles. The van der Waals surface area contributed by atoms with E-state index in [1.54, 1.807) is 24.3 Å². The summed E-state index contributed by atoms with van der Waals surface area (Å²) in [5.74, 6) is 0.0467. The molecule has 6 heteroatoms. The smallest absolute Gasteiger partial charge is 0.255 e. The van der Waals surface area contributed by atoms with Crippen molar-refractivity contribution >= 4 is 17.9 Å². The third kappa shape index (κ3) is 6.58. The van der Waals surface area contributed by atoms with E-state index in [1.807, 2.05) is 17.0 Å². The summed E-state index contributed by atoms with van der Waals surface area (Å²) in [7, 11) is 0. The highest BCUT2D eigenvalue weighted by Gasteiger charge is 2.22. The van der Waals surface area contributed by atoms with Crippen molar-refractivity contribution in [3.63, 3.8) is 0 Å². The van der Waals surface area contributed by atoms with Crippen molar-refractivity contribution < 1.29 is 19.1 Å². The molecular formula is C19H26N2O4. The van der Waals surface area contributed by atoms with E-state index >= 15 is 0 Å². The van der Waals surface area contributed by atoms with Gasteiger partial charge >= 0.3 is 0 Å². The Balaban J connectivity index is 1.85. The minimum absolute atomic E-state index is 0.00106. The number of primary amides is 1. The summed E-state index contributed by atoms with van der Waals surface area (Å²) < 4.78 is 11.0. The molecule has 0 radical (unpaired) electrons. The second kappa shape index (κ2) is 9.84. The number of rotatable bonds is 8. The maximum absolute atomic E-state index is 12.3. The number of hydrogen-bond acceptors (Lipinski definition) is 4. The van der Waals surface area contributed by atoms with Crippen molar-refractivity contribution in [1.82, 2.24) is 4.90 Å². The highest BCUT2D eigenvalue weighted by atomic mass is 16.5. The van der Waals surface area contributed by atoms with Gasteiger partial charge in [-0.1, -0.05) is 19.1 Å². The maximum atomic E-state index is 12.3. The molecule has 1 unspecified atom stereocenters. The fraction of sp³-hybridized carbons (Fsp3) is 0.474. The van der Waals surface area contributed by atoms with Crippen LogP contribution < -0.4 is 10.5 Å². The second-order valence-electron chi connectivity index (χ2n) is 6.08. The van der Waals surface area contributed by atoms with E-state index in [0.29, 0.717) is 12.3 Å². The summed E-state index contributed by atoms with van der Waals surface area (Å²) >= 11 is 0. The predicted octanol–water partition coefficient (Wildman–Crippen LogP) is 1.98. The molecule has 1 aromatic rings. The number of hydrogen-bond donors (Lipinski definition) is 1. The molecule has 1 aliphatic rings. The number of amides is 2. The number of benzene rings is 1. The Hall–Kier alpha value is -2.34. The summed E-state index contributed by atoms with van der Waals surface area (Å²) in [5.41, 5.74) is 5.92. The van der Waals surface area contributed by atoms with E-state index in [-0.39, 0.29) is 18.6 Å². The van der Waals surface area contributed by atoms with Crippen LogP contribution in [-0.4, -0.2) is 49.1 Å². The number of nitrogens with two attached hydrogens (primary N) is 1. The molecule has 1 fully saturated rings. The van der Waals surface area contributed by atoms with Gasteiger partial charge in [0.1, 0.15) is 5.75 Å². The first-order valence-corrected chi connectivity index (χ1v) is 8.68. The molecule has 0 aromatic heterocycles. The first kappa shape index (κ1) is 19.0. The lowest BCUT2D eigenvalue weighted by Gasteiger charge is -2.32. The highest BCUT2D eigenvalue weighted by Crippen LogP contribution is 2.16. The highest BCUT2D eigenvalue weighted by molar-refractivity contribution is 5.91. The van der Waals surface area contributed by atoms with Gasteiger partial charge in [0.05, 0.1) is 6.10 Å². The first-order chi connectivity index (χ1) is 12.1. The largest absolute Gasteiger partial charge is 0.484 e. The number of piperidine rings is 1. The van der Waals surface area contributed by atoms with Crippen molar-refractivity contribution in [1.29, 1.82) is 0 Å². The van der Waals surface area contributed by atoms with Crippen LogP contribution in [0.3, 0.4) is 0 Å². The van der Waals surface area contributed by atoms with E-state index in [9.17, 15) is 9.59 Å². The molecule has 2 amide bonds. The van der Waals surface area contributed by atoms with Crippen LogP contribution in [0, 0.1) is 0 Å². The van der Waals surface area contributed by atoms with Gasteiger partial charge in [-0.2, -0.15) is 0 Å². The Kier molecular flexibility index (Phi) is 7.47. The van der Waals surface area contributed by atoms with Gasteiger partial charge in [0, 0.05) is 25.8 Å². The zero-order valence-corrected chi connectivity index (χ0v) is 14.6. The number of likely N-dealkylation sites (tertiary alicyclic amines) is 1. The van der Waals surface area contributed by atoms with Crippen LogP contribution in [-0.2, 0) is 14.3 Å². The van der Waals surface area contributed by atoms with Gasteiger partial charge in [-0.3, -0.25) is 9.59 Å². The van der Waals surface area contributed by atoms with Crippen molar-refractivity contribution in [2.24, 2.45) is 5.73 Å². The SMILES string of the molecule is CCCOC1CCCN(C(=O)C=Cc2ccc(OCC(N)=O)cc2)C1. The number of nitrogens with zero attached hydrogens (tertiary/aromatic N) is 1. The zero-order chi connectivity index (χ0) is 18.1. The topological polar surface area (TPSA) is 81.9 Å². The molecule has 1 atom stereocenters. The lowest BCUT2D eigenvalue weighted by molar-refractivity contribution is -0.130. The minimum atomic E-state index is -0.516. The van der Waals surface area contributed by atoms with E-state index in [1.165, 1.54) is 0 Å². The van der Waals surface area contributed by atoms with E-state index in [4.69, 9.17) is 15.2 Å².